The monoisotopic (exact) mass is 488 g/mol. The molecule has 0 bridgehead atoms. The van der Waals surface area contributed by atoms with E-state index in [1.54, 1.807) is 24.7 Å². The second-order valence-electron chi connectivity index (χ2n) is 9.10. The number of ether oxygens (including phenoxy) is 1. The lowest BCUT2D eigenvalue weighted by molar-refractivity contribution is -0.124. The molecule has 0 aliphatic heterocycles. The Morgan fingerprint density at radius 3 is 2.92 bits per heavy atom. The van der Waals surface area contributed by atoms with Crippen molar-refractivity contribution in [1.29, 1.82) is 0 Å². The van der Waals surface area contributed by atoms with Gasteiger partial charge in [0, 0.05) is 54.1 Å². The molecule has 5 rings (SSSR count). The van der Waals surface area contributed by atoms with Gasteiger partial charge in [-0.2, -0.15) is 4.39 Å². The molecule has 0 saturated carbocycles. The van der Waals surface area contributed by atoms with Crippen LogP contribution in [0.25, 0.3) is 17.0 Å². The molecule has 1 aliphatic rings. The molecule has 0 radical (unpaired) electrons. The molecule has 2 aromatic carbocycles. The molecule has 2 aromatic heterocycles. The number of hydroxylamine groups is 1. The number of halogens is 1. The second kappa shape index (κ2) is 10.4. The molecule has 4 aromatic rings. The van der Waals surface area contributed by atoms with E-state index in [0.29, 0.717) is 6.54 Å². The topological polar surface area (TPSA) is 93.4 Å². The lowest BCUT2D eigenvalue weighted by atomic mass is 10.0. The molecule has 2 heterocycles. The van der Waals surface area contributed by atoms with Gasteiger partial charge in [-0.25, -0.2) is 5.48 Å². The molecule has 186 valence electrons. The number of hydrogen-bond acceptors (Lipinski definition) is 4. The molecule has 0 saturated heterocycles. The fourth-order valence-corrected chi connectivity index (χ4v) is 5.14. The van der Waals surface area contributed by atoms with Crippen molar-refractivity contribution in [2.75, 3.05) is 13.7 Å². The van der Waals surface area contributed by atoms with E-state index >= 15 is 0 Å². The number of aromatic amines is 2. The summed E-state index contributed by atoms with van der Waals surface area (Å²) in [4.78, 5) is 19.9. The highest BCUT2D eigenvalue weighted by atomic mass is 19.1. The van der Waals surface area contributed by atoms with Gasteiger partial charge < -0.3 is 14.7 Å². The molecular formula is C28H29FN4O3. The lowest BCUT2D eigenvalue weighted by Crippen LogP contribution is -2.29. The molecule has 7 nitrogen and oxygen atoms in total. The zero-order valence-corrected chi connectivity index (χ0v) is 20.1. The van der Waals surface area contributed by atoms with Crippen LogP contribution in [0.5, 0.6) is 5.75 Å². The Balaban J connectivity index is 1.38. The molecule has 4 N–H and O–H groups in total. The highest BCUT2D eigenvalue weighted by molar-refractivity contribution is 5.90. The molecular weight excluding hydrogens is 459 g/mol. The summed E-state index contributed by atoms with van der Waals surface area (Å²) in [5, 5.41) is 9.87. The van der Waals surface area contributed by atoms with Crippen molar-refractivity contribution in [2.24, 2.45) is 0 Å². The maximum atomic E-state index is 13.7. The van der Waals surface area contributed by atoms with Crippen molar-refractivity contribution < 1.29 is 19.1 Å². The third-order valence-electron chi connectivity index (χ3n) is 6.92. The number of hydrogen-bond donors (Lipinski definition) is 4. The van der Waals surface area contributed by atoms with Gasteiger partial charge in [0.25, 0.3) is 5.91 Å². The van der Waals surface area contributed by atoms with Crippen LogP contribution in [0.4, 0.5) is 4.39 Å². The molecule has 0 spiro atoms. The fraction of sp³-hybridized carbons (Fsp3) is 0.250. The van der Waals surface area contributed by atoms with Crippen LogP contribution >= 0.6 is 0 Å². The predicted molar refractivity (Wildman–Crippen MR) is 136 cm³/mol. The fourth-order valence-electron chi connectivity index (χ4n) is 5.14. The largest absolute Gasteiger partial charge is 0.497 e. The van der Waals surface area contributed by atoms with E-state index in [2.05, 4.69) is 39.3 Å². The first-order chi connectivity index (χ1) is 17.5. The van der Waals surface area contributed by atoms with E-state index in [1.165, 1.54) is 34.2 Å². The van der Waals surface area contributed by atoms with Crippen LogP contribution in [-0.4, -0.2) is 39.6 Å². The number of benzene rings is 2. The molecule has 1 atom stereocenters. The SMILES string of the molecule is COc1ccc2c(CCN(Cc3ccc(F)[nH]3)C3CCc4cc(C=CC(=O)NO)ccc43)c[nH]c2c1. The number of carbonyl (C=O) groups is 1. The summed E-state index contributed by atoms with van der Waals surface area (Å²) in [6.45, 7) is 1.42. The first kappa shape index (κ1) is 23.8. The van der Waals surface area contributed by atoms with Crippen molar-refractivity contribution >= 4 is 22.9 Å². The summed E-state index contributed by atoms with van der Waals surface area (Å²) in [6.07, 6.45) is 7.78. The van der Waals surface area contributed by atoms with Crippen molar-refractivity contribution in [1.82, 2.24) is 20.3 Å². The van der Waals surface area contributed by atoms with Crippen LogP contribution in [0, 0.1) is 5.95 Å². The number of rotatable bonds is 9. The number of amides is 1. The number of fused-ring (bicyclic) bond motifs is 2. The number of nitrogens with one attached hydrogen (secondary N) is 3. The Kier molecular flexibility index (Phi) is 6.88. The van der Waals surface area contributed by atoms with Gasteiger partial charge in [0.1, 0.15) is 5.75 Å². The Labute approximate surface area is 208 Å². The molecule has 1 amide bonds. The van der Waals surface area contributed by atoms with Gasteiger partial charge in [0.2, 0.25) is 0 Å². The average molecular weight is 489 g/mol. The summed E-state index contributed by atoms with van der Waals surface area (Å²) in [7, 11) is 1.66. The minimum atomic E-state index is -0.562. The van der Waals surface area contributed by atoms with E-state index in [9.17, 15) is 9.18 Å². The molecule has 8 heteroatoms. The Morgan fingerprint density at radius 1 is 1.25 bits per heavy atom. The number of aryl methyl sites for hydroxylation is 1. The Morgan fingerprint density at radius 2 is 2.14 bits per heavy atom. The first-order valence-electron chi connectivity index (χ1n) is 12.0. The maximum absolute atomic E-state index is 13.7. The van der Waals surface area contributed by atoms with Crippen LogP contribution in [0.1, 0.15) is 40.4 Å². The highest BCUT2D eigenvalue weighted by Gasteiger charge is 2.28. The molecule has 1 aliphatic carbocycles. The van der Waals surface area contributed by atoms with Crippen LogP contribution in [0.2, 0.25) is 0 Å². The standard InChI is InChI=1S/C28H29FN4O3/c1-36-22-6-8-23-20(16-30-25(23)15-22)12-13-33(17-21-5-10-27(29)31-21)26-9-4-19-14-18(2-7-24(19)26)3-11-28(34)32-35/h2-3,5-8,10-11,14-16,26,30-31,35H,4,9,12-13,17H2,1H3,(H,32,34). The molecule has 36 heavy (non-hydrogen) atoms. The van der Waals surface area contributed by atoms with E-state index in [4.69, 9.17) is 9.94 Å². The quantitative estimate of drug-likeness (QED) is 0.153. The normalized spacial score (nSPS) is 15.2. The van der Waals surface area contributed by atoms with Crippen molar-refractivity contribution in [3.63, 3.8) is 0 Å². The van der Waals surface area contributed by atoms with Crippen molar-refractivity contribution in [3.8, 4) is 5.75 Å². The highest BCUT2D eigenvalue weighted by Crippen LogP contribution is 2.37. The first-order valence-corrected chi connectivity index (χ1v) is 12.0. The van der Waals surface area contributed by atoms with Crippen LogP contribution in [0.15, 0.2) is 60.8 Å². The van der Waals surface area contributed by atoms with Crippen molar-refractivity contribution in [2.45, 2.75) is 31.8 Å². The number of aromatic nitrogens is 2. The molecule has 0 fully saturated rings. The number of carbonyl (C=O) groups excluding carboxylic acids is 1. The van der Waals surface area contributed by atoms with E-state index in [1.807, 2.05) is 18.2 Å². The summed E-state index contributed by atoms with van der Waals surface area (Å²) in [6, 6.07) is 15.7. The lowest BCUT2D eigenvalue weighted by Gasteiger charge is -2.29. The van der Waals surface area contributed by atoms with E-state index in [0.717, 1.165) is 48.3 Å². The van der Waals surface area contributed by atoms with Gasteiger partial charge in [-0.3, -0.25) is 14.9 Å². The van der Waals surface area contributed by atoms with Gasteiger partial charge in [0.15, 0.2) is 5.95 Å². The van der Waals surface area contributed by atoms with Gasteiger partial charge in [-0.1, -0.05) is 18.2 Å². The Bertz CT molecular complexity index is 1410. The molecule has 1 unspecified atom stereocenters. The maximum Gasteiger partial charge on any atom is 0.267 e. The van der Waals surface area contributed by atoms with Gasteiger partial charge in [0.05, 0.1) is 7.11 Å². The number of H-pyrrole nitrogens is 2. The summed E-state index contributed by atoms with van der Waals surface area (Å²) in [5.41, 5.74) is 8.14. The Hall–Kier alpha value is -3.88. The smallest absolute Gasteiger partial charge is 0.267 e. The average Bonchev–Trinajstić information content (AvgIpc) is 3.62. The number of methoxy groups -OCH3 is 1. The van der Waals surface area contributed by atoms with E-state index in [-0.39, 0.29) is 12.0 Å². The van der Waals surface area contributed by atoms with E-state index < -0.39 is 5.91 Å². The number of nitrogens with zero attached hydrogens (tertiary/aromatic N) is 1. The predicted octanol–water partition coefficient (Wildman–Crippen LogP) is 4.89. The third-order valence-corrected chi connectivity index (χ3v) is 6.92. The van der Waals surface area contributed by atoms with Crippen LogP contribution in [-0.2, 0) is 24.2 Å². The minimum absolute atomic E-state index is 0.204. The van der Waals surface area contributed by atoms with Crippen molar-refractivity contribution in [3.05, 3.63) is 94.7 Å². The third kappa shape index (κ3) is 5.05. The van der Waals surface area contributed by atoms with Crippen LogP contribution in [0.3, 0.4) is 0 Å². The zero-order chi connectivity index (χ0) is 25.1. The van der Waals surface area contributed by atoms with Crippen LogP contribution < -0.4 is 10.2 Å². The minimum Gasteiger partial charge on any atom is -0.497 e. The van der Waals surface area contributed by atoms with Gasteiger partial charge >= 0.3 is 0 Å². The summed E-state index contributed by atoms with van der Waals surface area (Å²) < 4.78 is 19.0. The van der Waals surface area contributed by atoms with Gasteiger partial charge in [-0.05, 0) is 71.9 Å². The zero-order valence-electron chi connectivity index (χ0n) is 20.1. The summed E-state index contributed by atoms with van der Waals surface area (Å²) >= 11 is 0. The summed E-state index contributed by atoms with van der Waals surface area (Å²) in [5.74, 6) is -0.0702. The second-order valence-corrected chi connectivity index (χ2v) is 9.10. The van der Waals surface area contributed by atoms with Gasteiger partial charge in [-0.15, -0.1) is 0 Å².